The van der Waals surface area contributed by atoms with Gasteiger partial charge in [0, 0.05) is 18.4 Å². The molecule has 1 amide bonds. The van der Waals surface area contributed by atoms with Gasteiger partial charge in [-0.05, 0) is 44.0 Å². The monoisotopic (exact) mass is 377 g/mol. The average Bonchev–Trinajstić information content (AvgIpc) is 2.93. The number of ether oxygens (including phenoxy) is 1. The van der Waals surface area contributed by atoms with Crippen molar-refractivity contribution in [3.63, 3.8) is 0 Å². The number of hydrogen-bond donors (Lipinski definition) is 1. The van der Waals surface area contributed by atoms with E-state index < -0.39 is 5.97 Å². The van der Waals surface area contributed by atoms with Gasteiger partial charge in [-0.3, -0.25) is 9.78 Å². The van der Waals surface area contributed by atoms with E-state index in [1.807, 2.05) is 41.8 Å². The lowest BCUT2D eigenvalue weighted by atomic mass is 10.1. The number of hydrogen-bond acceptors (Lipinski definition) is 4. The molecule has 3 rings (SSSR count). The van der Waals surface area contributed by atoms with E-state index in [0.717, 1.165) is 5.56 Å². The van der Waals surface area contributed by atoms with Crippen LogP contribution < -0.4 is 5.32 Å². The number of amides is 1. The number of nitrogens with one attached hydrogen (secondary N) is 1. The van der Waals surface area contributed by atoms with Crippen LogP contribution in [0.3, 0.4) is 0 Å². The van der Waals surface area contributed by atoms with Crippen molar-refractivity contribution in [3.8, 4) is 0 Å². The number of nitrogens with zero attached hydrogens (tertiary/aromatic N) is 2. The molecule has 2 aromatic heterocycles. The molecule has 6 heteroatoms. The predicted molar refractivity (Wildman–Crippen MR) is 108 cm³/mol. The van der Waals surface area contributed by atoms with Gasteiger partial charge in [0.1, 0.15) is 5.69 Å². The second-order valence-corrected chi connectivity index (χ2v) is 6.42. The maximum Gasteiger partial charge on any atom is 0.355 e. The van der Waals surface area contributed by atoms with E-state index in [4.69, 9.17) is 4.74 Å². The molecule has 0 saturated heterocycles. The second-order valence-electron chi connectivity index (χ2n) is 6.42. The van der Waals surface area contributed by atoms with Crippen LogP contribution >= 0.6 is 0 Å². The molecule has 0 atom stereocenters. The summed E-state index contributed by atoms with van der Waals surface area (Å²) < 4.78 is 7.10. The first kappa shape index (κ1) is 19.4. The van der Waals surface area contributed by atoms with Gasteiger partial charge in [0.2, 0.25) is 0 Å². The smallest absolute Gasteiger partial charge is 0.355 e. The Morgan fingerprint density at radius 2 is 1.86 bits per heavy atom. The minimum atomic E-state index is -0.431. The highest BCUT2D eigenvalue weighted by molar-refractivity contribution is 6.08. The Kier molecular flexibility index (Phi) is 5.89. The van der Waals surface area contributed by atoms with E-state index in [0.29, 0.717) is 34.7 Å². The highest BCUT2D eigenvalue weighted by Crippen LogP contribution is 2.25. The predicted octanol–water partition coefficient (Wildman–Crippen LogP) is 3.98. The quantitative estimate of drug-likeness (QED) is 0.660. The number of esters is 1. The first-order valence-electron chi connectivity index (χ1n) is 9.15. The lowest BCUT2D eigenvalue weighted by Gasteiger charge is -2.12. The molecule has 0 bridgehead atoms. The van der Waals surface area contributed by atoms with Crippen LogP contribution in [0.15, 0.2) is 54.9 Å². The van der Waals surface area contributed by atoms with Crippen molar-refractivity contribution in [1.29, 1.82) is 0 Å². The number of carbonyl (C=O) groups excluding carboxylic acids is 2. The lowest BCUT2D eigenvalue weighted by molar-refractivity contribution is 0.0513. The van der Waals surface area contributed by atoms with Crippen molar-refractivity contribution in [2.45, 2.75) is 27.3 Å². The van der Waals surface area contributed by atoms with Crippen LogP contribution in [-0.2, 0) is 11.3 Å². The summed E-state index contributed by atoms with van der Waals surface area (Å²) >= 11 is 0. The number of rotatable bonds is 6. The van der Waals surface area contributed by atoms with Crippen LogP contribution in [-0.4, -0.2) is 28.0 Å². The number of pyridine rings is 1. The van der Waals surface area contributed by atoms with E-state index in [2.05, 4.69) is 10.3 Å². The van der Waals surface area contributed by atoms with Crippen molar-refractivity contribution in [2.24, 2.45) is 0 Å². The van der Waals surface area contributed by atoms with Gasteiger partial charge in [0.05, 0.1) is 24.1 Å². The van der Waals surface area contributed by atoms with Crippen LogP contribution in [0, 0.1) is 13.8 Å². The first-order chi connectivity index (χ1) is 13.5. The number of anilines is 1. The Bertz CT molecular complexity index is 979. The molecule has 144 valence electrons. The summed E-state index contributed by atoms with van der Waals surface area (Å²) in [4.78, 5) is 29.6. The summed E-state index contributed by atoms with van der Waals surface area (Å²) in [5.74, 6) is -0.709. The van der Waals surface area contributed by atoms with E-state index in [-0.39, 0.29) is 12.5 Å². The Morgan fingerprint density at radius 1 is 1.11 bits per heavy atom. The number of aromatic nitrogens is 2. The molecule has 0 unspecified atom stereocenters. The third-order valence-corrected chi connectivity index (χ3v) is 4.57. The minimum absolute atomic E-state index is 0.269. The van der Waals surface area contributed by atoms with Crippen molar-refractivity contribution in [1.82, 2.24) is 9.55 Å². The van der Waals surface area contributed by atoms with Gasteiger partial charge in [-0.25, -0.2) is 4.79 Å². The maximum atomic E-state index is 12.9. The van der Waals surface area contributed by atoms with E-state index >= 15 is 0 Å². The second kappa shape index (κ2) is 8.52. The molecular formula is C22H23N3O3. The van der Waals surface area contributed by atoms with Crippen LogP contribution in [0.4, 0.5) is 5.69 Å². The minimum Gasteiger partial charge on any atom is -0.461 e. The Hall–Kier alpha value is -3.41. The van der Waals surface area contributed by atoms with Crippen molar-refractivity contribution in [3.05, 3.63) is 82.9 Å². The molecule has 3 aromatic rings. The summed E-state index contributed by atoms with van der Waals surface area (Å²) in [7, 11) is 0. The summed E-state index contributed by atoms with van der Waals surface area (Å²) in [5, 5.41) is 2.85. The topological polar surface area (TPSA) is 73.2 Å². The molecule has 0 radical (unpaired) electrons. The molecule has 0 fully saturated rings. The highest BCUT2D eigenvalue weighted by Gasteiger charge is 2.27. The summed E-state index contributed by atoms with van der Waals surface area (Å²) in [5.41, 5.74) is 3.83. The number of carbonyl (C=O) groups is 2. The third-order valence-electron chi connectivity index (χ3n) is 4.57. The van der Waals surface area contributed by atoms with Crippen LogP contribution in [0.25, 0.3) is 0 Å². The molecule has 0 aliphatic carbocycles. The molecule has 28 heavy (non-hydrogen) atoms. The molecule has 1 aromatic carbocycles. The van der Waals surface area contributed by atoms with Gasteiger partial charge in [-0.1, -0.05) is 30.3 Å². The fourth-order valence-corrected chi connectivity index (χ4v) is 3.29. The van der Waals surface area contributed by atoms with E-state index in [9.17, 15) is 9.59 Å². The fourth-order valence-electron chi connectivity index (χ4n) is 3.29. The first-order valence-corrected chi connectivity index (χ1v) is 9.15. The summed E-state index contributed by atoms with van der Waals surface area (Å²) in [6, 6.07) is 13.3. The van der Waals surface area contributed by atoms with Crippen molar-refractivity contribution in [2.75, 3.05) is 11.9 Å². The van der Waals surface area contributed by atoms with E-state index in [1.165, 1.54) is 0 Å². The normalized spacial score (nSPS) is 10.5. The zero-order valence-corrected chi connectivity index (χ0v) is 16.2. The van der Waals surface area contributed by atoms with Gasteiger partial charge < -0.3 is 14.6 Å². The van der Waals surface area contributed by atoms with Crippen LogP contribution in [0.5, 0.6) is 0 Å². The SMILES string of the molecule is CCOC(=O)c1c(C)c(C(=O)Nc2cccnc2)c(C)n1Cc1ccccc1. The fraction of sp³-hybridized carbons (Fsp3) is 0.227. The van der Waals surface area contributed by atoms with E-state index in [1.54, 1.807) is 38.4 Å². The largest absolute Gasteiger partial charge is 0.461 e. The zero-order valence-electron chi connectivity index (χ0n) is 16.2. The molecule has 0 saturated carbocycles. The molecule has 6 nitrogen and oxygen atoms in total. The maximum absolute atomic E-state index is 12.9. The van der Waals surface area contributed by atoms with Gasteiger partial charge in [-0.2, -0.15) is 0 Å². The van der Waals surface area contributed by atoms with Gasteiger partial charge >= 0.3 is 5.97 Å². The molecule has 0 spiro atoms. The molecule has 0 aliphatic heterocycles. The molecule has 1 N–H and O–H groups in total. The average molecular weight is 377 g/mol. The standard InChI is InChI=1S/C22H23N3O3/c1-4-28-22(27)20-15(2)19(21(26)24-18-11-8-12-23-13-18)16(3)25(20)14-17-9-6-5-7-10-17/h5-13H,4,14H2,1-3H3,(H,24,26). The van der Waals surface area contributed by atoms with Gasteiger partial charge in [0.15, 0.2) is 0 Å². The summed E-state index contributed by atoms with van der Waals surface area (Å²) in [6.45, 7) is 6.13. The lowest BCUT2D eigenvalue weighted by Crippen LogP contribution is -2.15. The van der Waals surface area contributed by atoms with Gasteiger partial charge in [0.25, 0.3) is 5.91 Å². The van der Waals surface area contributed by atoms with Crippen LogP contribution in [0.1, 0.15) is 44.6 Å². The Labute approximate surface area is 164 Å². The zero-order chi connectivity index (χ0) is 20.1. The Balaban J connectivity index is 2.04. The third kappa shape index (κ3) is 3.96. The summed E-state index contributed by atoms with van der Waals surface area (Å²) in [6.07, 6.45) is 3.22. The Morgan fingerprint density at radius 3 is 2.50 bits per heavy atom. The molecular weight excluding hydrogens is 354 g/mol. The van der Waals surface area contributed by atoms with Crippen molar-refractivity contribution >= 4 is 17.6 Å². The molecule has 2 heterocycles. The number of benzene rings is 1. The van der Waals surface area contributed by atoms with Crippen molar-refractivity contribution < 1.29 is 14.3 Å². The van der Waals surface area contributed by atoms with Gasteiger partial charge in [-0.15, -0.1) is 0 Å². The highest BCUT2D eigenvalue weighted by atomic mass is 16.5. The molecule has 0 aliphatic rings. The van der Waals surface area contributed by atoms with Crippen LogP contribution in [0.2, 0.25) is 0 Å².